The van der Waals surface area contributed by atoms with Crippen molar-refractivity contribution >= 4 is 28.5 Å². The van der Waals surface area contributed by atoms with E-state index in [0.29, 0.717) is 5.69 Å². The maximum atomic E-state index is 11.5. The van der Waals surface area contributed by atoms with Gasteiger partial charge in [-0.15, -0.1) is 0 Å². The standard InChI is InChI=1S/C13H13IN4O/c14-11-7-8(5-6-16-11)18-10-4-2-1-3-9(10)12(17-18)13(15)19/h5-7H,1-4H2,(H2,15,19). The van der Waals surface area contributed by atoms with E-state index < -0.39 is 5.91 Å². The normalized spacial score (nSPS) is 14.2. The fraction of sp³-hybridized carbons (Fsp3) is 0.308. The zero-order valence-corrected chi connectivity index (χ0v) is 12.4. The number of hydrogen-bond acceptors (Lipinski definition) is 3. The van der Waals surface area contributed by atoms with Crippen LogP contribution in [0.4, 0.5) is 0 Å². The number of pyridine rings is 1. The Hall–Kier alpha value is -1.44. The Kier molecular flexibility index (Phi) is 3.26. The maximum Gasteiger partial charge on any atom is 0.269 e. The molecule has 0 aromatic carbocycles. The molecule has 2 heterocycles. The van der Waals surface area contributed by atoms with Crippen molar-refractivity contribution in [2.24, 2.45) is 5.73 Å². The zero-order valence-electron chi connectivity index (χ0n) is 10.3. The summed E-state index contributed by atoms with van der Waals surface area (Å²) in [6.45, 7) is 0. The summed E-state index contributed by atoms with van der Waals surface area (Å²) in [5.74, 6) is -0.444. The van der Waals surface area contributed by atoms with E-state index in [1.54, 1.807) is 6.20 Å². The average Bonchev–Trinajstić information content (AvgIpc) is 2.78. The van der Waals surface area contributed by atoms with Gasteiger partial charge in [0, 0.05) is 17.5 Å². The van der Waals surface area contributed by atoms with Gasteiger partial charge >= 0.3 is 0 Å². The van der Waals surface area contributed by atoms with Crippen LogP contribution in [0.25, 0.3) is 5.69 Å². The Morgan fingerprint density at radius 1 is 1.37 bits per heavy atom. The van der Waals surface area contributed by atoms with Crippen molar-refractivity contribution in [3.05, 3.63) is 39.0 Å². The minimum absolute atomic E-state index is 0.418. The van der Waals surface area contributed by atoms with Crippen molar-refractivity contribution in [1.29, 1.82) is 0 Å². The van der Waals surface area contributed by atoms with Crippen molar-refractivity contribution < 1.29 is 4.79 Å². The molecule has 2 N–H and O–H groups in total. The molecule has 0 atom stereocenters. The van der Waals surface area contributed by atoms with Crippen LogP contribution in [0, 0.1) is 3.70 Å². The van der Waals surface area contributed by atoms with Crippen LogP contribution >= 0.6 is 22.6 Å². The smallest absolute Gasteiger partial charge is 0.269 e. The van der Waals surface area contributed by atoms with Gasteiger partial charge in [0.2, 0.25) is 0 Å². The minimum Gasteiger partial charge on any atom is -0.364 e. The monoisotopic (exact) mass is 368 g/mol. The van der Waals surface area contributed by atoms with E-state index in [1.165, 1.54) is 0 Å². The van der Waals surface area contributed by atoms with Gasteiger partial charge in [0.15, 0.2) is 5.69 Å². The fourth-order valence-corrected chi connectivity index (χ4v) is 3.01. The molecule has 1 aliphatic rings. The third kappa shape index (κ3) is 2.24. The molecule has 0 unspecified atom stereocenters. The summed E-state index contributed by atoms with van der Waals surface area (Å²) in [5.41, 5.74) is 8.92. The highest BCUT2D eigenvalue weighted by Gasteiger charge is 2.24. The quantitative estimate of drug-likeness (QED) is 0.650. The summed E-state index contributed by atoms with van der Waals surface area (Å²) in [6.07, 6.45) is 5.79. The number of nitrogens with zero attached hydrogens (tertiary/aromatic N) is 3. The highest BCUT2D eigenvalue weighted by Crippen LogP contribution is 2.26. The van der Waals surface area contributed by atoms with Crippen LogP contribution in [-0.2, 0) is 12.8 Å². The second-order valence-corrected chi connectivity index (χ2v) is 5.70. The Morgan fingerprint density at radius 2 is 2.16 bits per heavy atom. The van der Waals surface area contributed by atoms with Crippen LogP contribution in [0.1, 0.15) is 34.6 Å². The van der Waals surface area contributed by atoms with Crippen LogP contribution in [0.3, 0.4) is 0 Å². The van der Waals surface area contributed by atoms with E-state index in [9.17, 15) is 4.79 Å². The molecule has 0 spiro atoms. The number of primary amides is 1. The number of carbonyl (C=O) groups is 1. The summed E-state index contributed by atoms with van der Waals surface area (Å²) in [7, 11) is 0. The van der Waals surface area contributed by atoms with Gasteiger partial charge in [-0.25, -0.2) is 4.68 Å². The summed E-state index contributed by atoms with van der Waals surface area (Å²) in [5, 5.41) is 4.41. The van der Waals surface area contributed by atoms with Crippen molar-refractivity contribution in [3.8, 4) is 5.69 Å². The molecule has 98 valence electrons. The molecular formula is C13H13IN4O. The predicted octanol–water partition coefficient (Wildman–Crippen LogP) is 1.85. The zero-order chi connectivity index (χ0) is 13.4. The van der Waals surface area contributed by atoms with E-state index in [4.69, 9.17) is 5.73 Å². The van der Waals surface area contributed by atoms with Crippen LogP contribution in [0.5, 0.6) is 0 Å². The summed E-state index contributed by atoms with van der Waals surface area (Å²) in [6, 6.07) is 3.85. The Bertz CT molecular complexity index is 650. The van der Waals surface area contributed by atoms with E-state index in [2.05, 4.69) is 32.7 Å². The molecule has 0 saturated carbocycles. The van der Waals surface area contributed by atoms with Crippen molar-refractivity contribution in [2.75, 3.05) is 0 Å². The summed E-state index contributed by atoms with van der Waals surface area (Å²) < 4.78 is 2.74. The van der Waals surface area contributed by atoms with Crippen molar-refractivity contribution in [3.63, 3.8) is 0 Å². The summed E-state index contributed by atoms with van der Waals surface area (Å²) >= 11 is 2.16. The largest absolute Gasteiger partial charge is 0.364 e. The molecule has 19 heavy (non-hydrogen) atoms. The lowest BCUT2D eigenvalue weighted by Crippen LogP contribution is -2.15. The molecular weight excluding hydrogens is 355 g/mol. The SMILES string of the molecule is NC(=O)c1nn(-c2ccnc(I)c2)c2c1CCCC2. The molecule has 1 aliphatic carbocycles. The van der Waals surface area contributed by atoms with Gasteiger partial charge < -0.3 is 5.73 Å². The van der Waals surface area contributed by atoms with E-state index in [1.807, 2.05) is 16.8 Å². The van der Waals surface area contributed by atoms with E-state index in [0.717, 1.165) is 46.3 Å². The second kappa shape index (κ2) is 4.92. The lowest BCUT2D eigenvalue weighted by atomic mass is 9.95. The second-order valence-electron chi connectivity index (χ2n) is 4.59. The molecule has 0 bridgehead atoms. The first kappa shape index (κ1) is 12.6. The average molecular weight is 368 g/mol. The predicted molar refractivity (Wildman–Crippen MR) is 79.2 cm³/mol. The topological polar surface area (TPSA) is 73.8 Å². The molecule has 0 saturated heterocycles. The number of aromatic nitrogens is 3. The third-order valence-electron chi connectivity index (χ3n) is 3.37. The van der Waals surface area contributed by atoms with Gasteiger partial charge in [0.1, 0.15) is 3.70 Å². The van der Waals surface area contributed by atoms with Crippen LogP contribution < -0.4 is 5.73 Å². The minimum atomic E-state index is -0.444. The van der Waals surface area contributed by atoms with Gasteiger partial charge in [0.05, 0.1) is 5.69 Å². The Balaban J connectivity index is 2.19. The Labute approximate surface area is 124 Å². The molecule has 2 aromatic heterocycles. The lowest BCUT2D eigenvalue weighted by molar-refractivity contribution is 0.0994. The first-order valence-electron chi connectivity index (χ1n) is 6.19. The molecule has 5 nitrogen and oxygen atoms in total. The fourth-order valence-electron chi connectivity index (χ4n) is 2.53. The van der Waals surface area contributed by atoms with Crippen LogP contribution in [-0.4, -0.2) is 20.7 Å². The molecule has 0 fully saturated rings. The summed E-state index contributed by atoms with van der Waals surface area (Å²) in [4.78, 5) is 15.7. The first-order chi connectivity index (χ1) is 9.16. The molecule has 1 amide bonds. The number of carbonyl (C=O) groups excluding carboxylic acids is 1. The Morgan fingerprint density at radius 3 is 2.89 bits per heavy atom. The van der Waals surface area contributed by atoms with E-state index >= 15 is 0 Å². The molecule has 0 aliphatic heterocycles. The van der Waals surface area contributed by atoms with Gasteiger partial charge in [-0.1, -0.05) is 0 Å². The molecule has 3 rings (SSSR count). The number of nitrogens with two attached hydrogens (primary N) is 1. The van der Waals surface area contributed by atoms with E-state index in [-0.39, 0.29) is 0 Å². The van der Waals surface area contributed by atoms with Gasteiger partial charge in [-0.05, 0) is 60.4 Å². The van der Waals surface area contributed by atoms with Gasteiger partial charge in [-0.3, -0.25) is 9.78 Å². The molecule has 0 radical (unpaired) electrons. The van der Waals surface area contributed by atoms with Crippen LogP contribution in [0.2, 0.25) is 0 Å². The van der Waals surface area contributed by atoms with Crippen LogP contribution in [0.15, 0.2) is 18.3 Å². The highest BCUT2D eigenvalue weighted by molar-refractivity contribution is 14.1. The van der Waals surface area contributed by atoms with Gasteiger partial charge in [0.25, 0.3) is 5.91 Å². The first-order valence-corrected chi connectivity index (χ1v) is 7.27. The molecule has 2 aromatic rings. The lowest BCUT2D eigenvalue weighted by Gasteiger charge is -2.14. The maximum absolute atomic E-state index is 11.5. The number of amides is 1. The number of fused-ring (bicyclic) bond motifs is 1. The highest BCUT2D eigenvalue weighted by atomic mass is 127. The van der Waals surface area contributed by atoms with Crippen molar-refractivity contribution in [2.45, 2.75) is 25.7 Å². The third-order valence-corrected chi connectivity index (χ3v) is 3.96. The van der Waals surface area contributed by atoms with Gasteiger partial charge in [-0.2, -0.15) is 5.10 Å². The number of rotatable bonds is 2. The number of hydrogen-bond donors (Lipinski definition) is 1. The molecule has 6 heteroatoms. The number of halogens is 1. The van der Waals surface area contributed by atoms with Crippen molar-refractivity contribution in [1.82, 2.24) is 14.8 Å².